The zero-order valence-corrected chi connectivity index (χ0v) is 21.0. The second-order valence-corrected chi connectivity index (χ2v) is 10.6. The number of benzene rings is 3. The van der Waals surface area contributed by atoms with Gasteiger partial charge in [0.05, 0.1) is 5.56 Å². The number of sulfonamides is 1. The Balaban J connectivity index is 1.70. The summed E-state index contributed by atoms with van der Waals surface area (Å²) in [6.45, 7) is -0.752. The molecule has 4 rings (SSSR count). The normalized spacial score (nSPS) is 14.7. The molecule has 0 bridgehead atoms. The lowest BCUT2D eigenvalue weighted by molar-refractivity contribution is -0.140. The molecule has 0 saturated heterocycles. The quantitative estimate of drug-likeness (QED) is 0.487. The fourth-order valence-corrected chi connectivity index (χ4v) is 5.88. The van der Waals surface area contributed by atoms with E-state index in [4.69, 9.17) is 11.6 Å². The van der Waals surface area contributed by atoms with Crippen molar-refractivity contribution in [3.05, 3.63) is 101 Å². The van der Waals surface area contributed by atoms with Crippen LogP contribution in [0.15, 0.2) is 83.8 Å². The predicted octanol–water partition coefficient (Wildman–Crippen LogP) is 2.87. The Morgan fingerprint density at radius 2 is 1.64 bits per heavy atom. The number of carbonyl (C=O) groups is 3. The third-order valence-corrected chi connectivity index (χ3v) is 7.97. The first-order valence-corrected chi connectivity index (χ1v) is 13.0. The van der Waals surface area contributed by atoms with Crippen LogP contribution in [0.25, 0.3) is 0 Å². The Labute approximate surface area is 214 Å². The first-order valence-electron chi connectivity index (χ1n) is 11.2. The van der Waals surface area contributed by atoms with Crippen molar-refractivity contribution in [3.8, 4) is 0 Å². The third kappa shape index (κ3) is 5.12. The van der Waals surface area contributed by atoms with Crippen LogP contribution in [0.3, 0.4) is 0 Å². The topological polar surface area (TPSA) is 104 Å². The highest BCUT2D eigenvalue weighted by atomic mass is 35.5. The average Bonchev–Trinajstić information content (AvgIpc) is 3.07. The molecule has 1 aliphatic rings. The molecular weight excluding hydrogens is 502 g/mol. The van der Waals surface area contributed by atoms with E-state index in [0.29, 0.717) is 14.9 Å². The van der Waals surface area contributed by atoms with E-state index in [9.17, 15) is 22.8 Å². The van der Waals surface area contributed by atoms with Crippen molar-refractivity contribution in [2.75, 3.05) is 13.6 Å². The lowest BCUT2D eigenvalue weighted by atomic mass is 10.0. The lowest BCUT2D eigenvalue weighted by Crippen LogP contribution is -2.52. The van der Waals surface area contributed by atoms with Gasteiger partial charge in [-0.2, -0.15) is 0 Å². The number of fused-ring (bicyclic) bond motifs is 1. The van der Waals surface area contributed by atoms with E-state index >= 15 is 0 Å². The standard InChI is InChI=1S/C26H24ClN3O5S/c1-28-25(32)22(15-18-8-3-2-4-9-18)29(16-19-10-7-11-20(27)14-19)24(31)17-30-26(33)21-12-5-6-13-23(21)36(30,34)35/h2-14,22H,15-17H2,1H3,(H,28,32). The fourth-order valence-electron chi connectivity index (χ4n) is 4.15. The fraction of sp³-hybridized carbons (Fsp3) is 0.192. The molecule has 0 radical (unpaired) electrons. The Bertz CT molecular complexity index is 1410. The molecule has 0 aromatic heterocycles. The monoisotopic (exact) mass is 525 g/mol. The van der Waals surface area contributed by atoms with Crippen molar-refractivity contribution in [3.63, 3.8) is 0 Å². The maximum absolute atomic E-state index is 13.7. The summed E-state index contributed by atoms with van der Waals surface area (Å²) in [5.41, 5.74) is 1.47. The maximum Gasteiger partial charge on any atom is 0.269 e. The van der Waals surface area contributed by atoms with E-state index in [2.05, 4.69) is 5.32 Å². The minimum Gasteiger partial charge on any atom is -0.357 e. The molecule has 8 nitrogen and oxygen atoms in total. The van der Waals surface area contributed by atoms with E-state index in [0.717, 1.165) is 5.56 Å². The molecule has 0 spiro atoms. The van der Waals surface area contributed by atoms with Crippen molar-refractivity contribution in [2.24, 2.45) is 0 Å². The summed E-state index contributed by atoms with van der Waals surface area (Å²) < 4.78 is 26.7. The van der Waals surface area contributed by atoms with Crippen LogP contribution < -0.4 is 5.32 Å². The summed E-state index contributed by atoms with van der Waals surface area (Å²) in [4.78, 5) is 40.7. The van der Waals surface area contributed by atoms with E-state index in [1.165, 1.54) is 30.1 Å². The Morgan fingerprint density at radius 3 is 2.31 bits per heavy atom. The number of hydrogen-bond donors (Lipinski definition) is 1. The first kappa shape index (κ1) is 25.4. The van der Waals surface area contributed by atoms with Gasteiger partial charge in [0, 0.05) is 25.0 Å². The molecule has 10 heteroatoms. The van der Waals surface area contributed by atoms with Crippen molar-refractivity contribution >= 4 is 39.3 Å². The summed E-state index contributed by atoms with van der Waals surface area (Å²) in [7, 11) is -2.73. The molecule has 0 aliphatic carbocycles. The van der Waals surface area contributed by atoms with Gasteiger partial charge in [-0.15, -0.1) is 0 Å². The predicted molar refractivity (Wildman–Crippen MR) is 135 cm³/mol. The molecule has 0 fully saturated rings. The number of rotatable bonds is 8. The van der Waals surface area contributed by atoms with Crippen molar-refractivity contribution in [1.29, 1.82) is 0 Å². The van der Waals surface area contributed by atoms with Crippen LogP contribution in [0.5, 0.6) is 0 Å². The molecule has 3 aromatic carbocycles. The van der Waals surface area contributed by atoms with Crippen LogP contribution in [-0.4, -0.2) is 55.0 Å². The average molecular weight is 526 g/mol. The Kier molecular flexibility index (Phi) is 7.42. The van der Waals surface area contributed by atoms with Crippen molar-refractivity contribution in [2.45, 2.75) is 23.9 Å². The maximum atomic E-state index is 13.7. The van der Waals surface area contributed by atoms with Crippen LogP contribution in [-0.2, 0) is 32.6 Å². The molecule has 1 atom stereocenters. The molecule has 1 aliphatic heterocycles. The number of amides is 3. The Hall–Kier alpha value is -3.69. The van der Waals surface area contributed by atoms with E-state index in [1.807, 2.05) is 30.3 Å². The van der Waals surface area contributed by atoms with Crippen LogP contribution >= 0.6 is 11.6 Å². The molecule has 3 amide bonds. The van der Waals surface area contributed by atoms with E-state index < -0.39 is 40.3 Å². The molecule has 36 heavy (non-hydrogen) atoms. The van der Waals surface area contributed by atoms with E-state index in [-0.39, 0.29) is 23.4 Å². The molecule has 1 heterocycles. The number of carbonyl (C=O) groups excluding carboxylic acids is 3. The number of hydrogen-bond acceptors (Lipinski definition) is 5. The number of likely N-dealkylation sites (N-methyl/N-ethyl adjacent to an activating group) is 1. The van der Waals surface area contributed by atoms with Gasteiger partial charge < -0.3 is 10.2 Å². The summed E-state index contributed by atoms with van der Waals surface area (Å²) in [5, 5.41) is 3.04. The minimum absolute atomic E-state index is 0.0128. The van der Waals surface area contributed by atoms with Gasteiger partial charge in [-0.05, 0) is 35.4 Å². The lowest BCUT2D eigenvalue weighted by Gasteiger charge is -2.32. The highest BCUT2D eigenvalue weighted by Gasteiger charge is 2.43. The first-order chi connectivity index (χ1) is 17.2. The van der Waals surface area contributed by atoms with Crippen LogP contribution in [0.4, 0.5) is 0 Å². The van der Waals surface area contributed by atoms with Crippen LogP contribution in [0.2, 0.25) is 5.02 Å². The highest BCUT2D eigenvalue weighted by molar-refractivity contribution is 7.90. The molecule has 3 aromatic rings. The summed E-state index contributed by atoms with van der Waals surface area (Å²) >= 11 is 6.14. The van der Waals surface area contributed by atoms with Gasteiger partial charge in [0.1, 0.15) is 17.5 Å². The highest BCUT2D eigenvalue weighted by Crippen LogP contribution is 2.30. The molecule has 0 saturated carbocycles. The van der Waals surface area contributed by atoms with Crippen LogP contribution in [0.1, 0.15) is 21.5 Å². The largest absolute Gasteiger partial charge is 0.357 e. The second kappa shape index (κ2) is 10.5. The molecule has 186 valence electrons. The van der Waals surface area contributed by atoms with Gasteiger partial charge in [0.2, 0.25) is 11.8 Å². The smallest absolute Gasteiger partial charge is 0.269 e. The second-order valence-electron chi connectivity index (χ2n) is 8.28. The zero-order valence-electron chi connectivity index (χ0n) is 19.4. The van der Waals surface area contributed by atoms with Gasteiger partial charge in [-0.25, -0.2) is 12.7 Å². The number of halogens is 1. The molecular formula is C26H24ClN3O5S. The van der Waals surface area contributed by atoms with Crippen molar-refractivity contribution < 1.29 is 22.8 Å². The van der Waals surface area contributed by atoms with E-state index in [1.54, 1.807) is 30.3 Å². The van der Waals surface area contributed by atoms with Gasteiger partial charge in [-0.1, -0.05) is 66.2 Å². The molecule has 1 N–H and O–H groups in total. The minimum atomic E-state index is -4.20. The summed E-state index contributed by atoms with van der Waals surface area (Å²) in [6, 6.07) is 20.8. The zero-order chi connectivity index (χ0) is 25.9. The third-order valence-electron chi connectivity index (χ3n) is 5.95. The van der Waals surface area contributed by atoms with Gasteiger partial charge in [0.25, 0.3) is 15.9 Å². The molecule has 1 unspecified atom stereocenters. The van der Waals surface area contributed by atoms with Crippen molar-refractivity contribution in [1.82, 2.24) is 14.5 Å². The Morgan fingerprint density at radius 1 is 0.972 bits per heavy atom. The van der Waals surface area contributed by atoms with Gasteiger partial charge in [0.15, 0.2) is 0 Å². The van der Waals surface area contributed by atoms with Crippen LogP contribution in [0, 0.1) is 0 Å². The van der Waals surface area contributed by atoms with Gasteiger partial charge in [-0.3, -0.25) is 14.4 Å². The summed E-state index contributed by atoms with van der Waals surface area (Å²) in [6.07, 6.45) is 0.188. The summed E-state index contributed by atoms with van der Waals surface area (Å²) in [5.74, 6) is -1.89. The number of nitrogens with zero attached hydrogens (tertiary/aromatic N) is 2. The SMILES string of the molecule is CNC(=O)C(Cc1ccccc1)N(Cc1cccc(Cl)c1)C(=O)CN1C(=O)c2ccccc2S1(=O)=O. The number of nitrogens with one attached hydrogen (secondary N) is 1. The van der Waals surface area contributed by atoms with Gasteiger partial charge >= 0.3 is 0 Å².